The molecule has 3 N–H and O–H groups in total. The van der Waals surface area contributed by atoms with Crippen molar-refractivity contribution in [1.29, 1.82) is 0 Å². The summed E-state index contributed by atoms with van der Waals surface area (Å²) in [6, 6.07) is 13.4. The number of nitrogen functional groups attached to an aromatic ring is 1. The predicted octanol–water partition coefficient (Wildman–Crippen LogP) is 3.44. The minimum absolute atomic E-state index is 0.259. The van der Waals surface area contributed by atoms with Gasteiger partial charge in [-0.15, -0.1) is 0 Å². The lowest BCUT2D eigenvalue weighted by molar-refractivity contribution is 0.0697. The fourth-order valence-corrected chi connectivity index (χ4v) is 2.94. The van der Waals surface area contributed by atoms with E-state index in [0.717, 1.165) is 24.2 Å². The standard InChI is InChI=1S/C17H18N2O2/c1-11-6-7-12-4-2-3-5-15(12)19(11)16-10-13(17(20)21)8-9-14(16)18/h2-5,8-11H,6-7,18H2,1H3,(H,20,21). The number of anilines is 3. The Balaban J connectivity index is 2.15. The normalized spacial score (nSPS) is 17.4. The van der Waals surface area contributed by atoms with Crippen molar-refractivity contribution in [2.24, 2.45) is 0 Å². The summed E-state index contributed by atoms with van der Waals surface area (Å²) in [5.74, 6) is -0.936. The van der Waals surface area contributed by atoms with Crippen LogP contribution >= 0.6 is 0 Å². The van der Waals surface area contributed by atoms with Crippen molar-refractivity contribution in [1.82, 2.24) is 0 Å². The maximum absolute atomic E-state index is 11.2. The van der Waals surface area contributed by atoms with Crippen molar-refractivity contribution < 1.29 is 9.90 Å². The summed E-state index contributed by atoms with van der Waals surface area (Å²) in [6.45, 7) is 2.14. The van der Waals surface area contributed by atoms with Crippen molar-refractivity contribution in [3.05, 3.63) is 53.6 Å². The number of benzene rings is 2. The lowest BCUT2D eigenvalue weighted by Crippen LogP contribution is -2.33. The molecular formula is C17H18N2O2. The maximum Gasteiger partial charge on any atom is 0.335 e. The molecule has 4 heteroatoms. The highest BCUT2D eigenvalue weighted by Crippen LogP contribution is 2.39. The molecule has 0 aromatic heterocycles. The third kappa shape index (κ3) is 2.33. The quantitative estimate of drug-likeness (QED) is 0.828. The first-order valence-electron chi connectivity index (χ1n) is 7.08. The second-order valence-electron chi connectivity index (χ2n) is 5.47. The van der Waals surface area contributed by atoms with E-state index in [1.54, 1.807) is 18.2 Å². The van der Waals surface area contributed by atoms with Gasteiger partial charge < -0.3 is 15.7 Å². The molecule has 2 aromatic carbocycles. The van der Waals surface area contributed by atoms with Gasteiger partial charge in [0.05, 0.1) is 16.9 Å². The molecule has 3 rings (SSSR count). The van der Waals surface area contributed by atoms with Gasteiger partial charge in [0.15, 0.2) is 0 Å². The first kappa shape index (κ1) is 13.5. The largest absolute Gasteiger partial charge is 0.478 e. The Hall–Kier alpha value is -2.49. The van der Waals surface area contributed by atoms with E-state index in [-0.39, 0.29) is 11.6 Å². The van der Waals surface area contributed by atoms with Gasteiger partial charge >= 0.3 is 5.97 Å². The van der Waals surface area contributed by atoms with Gasteiger partial charge in [-0.25, -0.2) is 4.79 Å². The topological polar surface area (TPSA) is 66.6 Å². The molecule has 0 aliphatic carbocycles. The van der Waals surface area contributed by atoms with Crippen molar-refractivity contribution in [2.75, 3.05) is 10.6 Å². The van der Waals surface area contributed by atoms with Crippen LogP contribution in [0, 0.1) is 0 Å². The summed E-state index contributed by atoms with van der Waals surface area (Å²) in [5, 5.41) is 9.20. The summed E-state index contributed by atoms with van der Waals surface area (Å²) in [5.41, 5.74) is 10.1. The molecule has 1 atom stereocenters. The Kier molecular flexibility index (Phi) is 3.29. The van der Waals surface area contributed by atoms with E-state index in [1.807, 2.05) is 12.1 Å². The number of nitrogens with two attached hydrogens (primary N) is 1. The Bertz CT molecular complexity index is 697. The van der Waals surface area contributed by atoms with E-state index < -0.39 is 5.97 Å². The van der Waals surface area contributed by atoms with Crippen LogP contribution in [0.3, 0.4) is 0 Å². The second-order valence-corrected chi connectivity index (χ2v) is 5.47. The first-order valence-corrected chi connectivity index (χ1v) is 7.08. The van der Waals surface area contributed by atoms with E-state index in [2.05, 4.69) is 24.0 Å². The Morgan fingerprint density at radius 3 is 2.76 bits per heavy atom. The number of carboxylic acids is 1. The molecule has 1 unspecified atom stereocenters. The highest BCUT2D eigenvalue weighted by molar-refractivity contribution is 5.91. The smallest absolute Gasteiger partial charge is 0.335 e. The molecule has 0 bridgehead atoms. The molecular weight excluding hydrogens is 264 g/mol. The monoisotopic (exact) mass is 282 g/mol. The molecule has 0 saturated carbocycles. The van der Waals surface area contributed by atoms with Gasteiger partial charge in [0.2, 0.25) is 0 Å². The zero-order valence-electron chi connectivity index (χ0n) is 11.9. The van der Waals surface area contributed by atoms with E-state index in [9.17, 15) is 9.90 Å². The molecule has 4 nitrogen and oxygen atoms in total. The average Bonchev–Trinajstić information content (AvgIpc) is 2.48. The molecule has 0 saturated heterocycles. The molecule has 1 aliphatic heterocycles. The van der Waals surface area contributed by atoms with Crippen LogP contribution in [0.4, 0.5) is 17.1 Å². The lowest BCUT2D eigenvalue weighted by atomic mass is 9.95. The molecule has 0 fully saturated rings. The van der Waals surface area contributed by atoms with Gasteiger partial charge in [-0.2, -0.15) is 0 Å². The fourth-order valence-electron chi connectivity index (χ4n) is 2.94. The van der Waals surface area contributed by atoms with Crippen molar-refractivity contribution >= 4 is 23.0 Å². The predicted molar refractivity (Wildman–Crippen MR) is 84.2 cm³/mol. The zero-order chi connectivity index (χ0) is 15.0. The van der Waals surface area contributed by atoms with Crippen LogP contribution < -0.4 is 10.6 Å². The van der Waals surface area contributed by atoms with Gasteiger partial charge in [-0.05, 0) is 49.6 Å². The number of rotatable bonds is 2. The van der Waals surface area contributed by atoms with Crippen LogP contribution in [-0.2, 0) is 6.42 Å². The Morgan fingerprint density at radius 2 is 2.00 bits per heavy atom. The highest BCUT2D eigenvalue weighted by Gasteiger charge is 2.26. The molecule has 1 aliphatic rings. The Labute approximate surface area is 123 Å². The van der Waals surface area contributed by atoms with E-state index >= 15 is 0 Å². The molecule has 2 aromatic rings. The van der Waals surface area contributed by atoms with Crippen molar-refractivity contribution in [3.8, 4) is 0 Å². The summed E-state index contributed by atoms with van der Waals surface area (Å²) in [7, 11) is 0. The Morgan fingerprint density at radius 1 is 1.24 bits per heavy atom. The van der Waals surface area contributed by atoms with Gasteiger partial charge in [-0.1, -0.05) is 18.2 Å². The van der Waals surface area contributed by atoms with Crippen LogP contribution in [0.25, 0.3) is 0 Å². The molecule has 21 heavy (non-hydrogen) atoms. The minimum Gasteiger partial charge on any atom is -0.478 e. The molecule has 0 radical (unpaired) electrons. The number of aryl methyl sites for hydroxylation is 1. The molecule has 108 valence electrons. The van der Waals surface area contributed by atoms with E-state index in [0.29, 0.717) is 5.69 Å². The van der Waals surface area contributed by atoms with Gasteiger partial charge in [0.1, 0.15) is 0 Å². The summed E-state index contributed by atoms with van der Waals surface area (Å²) < 4.78 is 0. The number of carboxylic acid groups (broad SMARTS) is 1. The number of carbonyl (C=O) groups is 1. The van der Waals surface area contributed by atoms with E-state index in [4.69, 9.17) is 5.73 Å². The first-order chi connectivity index (χ1) is 10.1. The van der Waals surface area contributed by atoms with E-state index in [1.165, 1.54) is 5.56 Å². The van der Waals surface area contributed by atoms with Crippen LogP contribution in [-0.4, -0.2) is 17.1 Å². The van der Waals surface area contributed by atoms with Crippen LogP contribution in [0.2, 0.25) is 0 Å². The molecule has 1 heterocycles. The number of hydrogen-bond acceptors (Lipinski definition) is 3. The molecule has 0 amide bonds. The number of para-hydroxylation sites is 1. The van der Waals surface area contributed by atoms with Gasteiger partial charge in [0, 0.05) is 11.7 Å². The number of hydrogen-bond donors (Lipinski definition) is 2. The van der Waals surface area contributed by atoms with Crippen molar-refractivity contribution in [3.63, 3.8) is 0 Å². The maximum atomic E-state index is 11.2. The number of nitrogens with zero attached hydrogens (tertiary/aromatic N) is 1. The third-order valence-electron chi connectivity index (χ3n) is 4.06. The summed E-state index contributed by atoms with van der Waals surface area (Å²) in [4.78, 5) is 13.4. The number of fused-ring (bicyclic) bond motifs is 1. The van der Waals surface area contributed by atoms with Crippen LogP contribution in [0.5, 0.6) is 0 Å². The van der Waals surface area contributed by atoms with Crippen molar-refractivity contribution in [2.45, 2.75) is 25.8 Å². The number of aromatic carboxylic acids is 1. The highest BCUT2D eigenvalue weighted by atomic mass is 16.4. The van der Waals surface area contributed by atoms with Crippen LogP contribution in [0.15, 0.2) is 42.5 Å². The van der Waals surface area contributed by atoms with Crippen LogP contribution in [0.1, 0.15) is 29.3 Å². The molecule has 0 spiro atoms. The lowest BCUT2D eigenvalue weighted by Gasteiger charge is -2.37. The second kappa shape index (κ2) is 5.13. The van der Waals surface area contributed by atoms with Gasteiger partial charge in [0.25, 0.3) is 0 Å². The third-order valence-corrected chi connectivity index (χ3v) is 4.06. The minimum atomic E-state index is -0.936. The average molecular weight is 282 g/mol. The summed E-state index contributed by atoms with van der Waals surface area (Å²) in [6.07, 6.45) is 2.06. The summed E-state index contributed by atoms with van der Waals surface area (Å²) >= 11 is 0. The zero-order valence-corrected chi connectivity index (χ0v) is 11.9. The SMILES string of the molecule is CC1CCc2ccccc2N1c1cc(C(=O)O)ccc1N. The fraction of sp³-hybridized carbons (Fsp3) is 0.235. The van der Waals surface area contributed by atoms with Gasteiger partial charge in [-0.3, -0.25) is 0 Å².